The van der Waals surface area contributed by atoms with Gasteiger partial charge in [-0.15, -0.1) is 24.5 Å². The molecule has 6 rings (SSSR count). The summed E-state index contributed by atoms with van der Waals surface area (Å²) in [5, 5.41) is 2.74. The van der Waals surface area contributed by atoms with Crippen LogP contribution in [-0.2, 0) is 13.1 Å². The lowest BCUT2D eigenvalue weighted by molar-refractivity contribution is -0.274. The van der Waals surface area contributed by atoms with Gasteiger partial charge >= 0.3 is 12.5 Å². The van der Waals surface area contributed by atoms with Gasteiger partial charge < -0.3 is 14.4 Å². The Morgan fingerprint density at radius 1 is 1.05 bits per heavy atom. The maximum Gasteiger partial charge on any atom is 0.573 e. The predicted octanol–water partition coefficient (Wildman–Crippen LogP) is 5.97. The number of amides is 1. The number of piperidine rings is 1. The third-order valence-corrected chi connectivity index (χ3v) is 7.88. The normalized spacial score (nSPS) is 20.5. The Morgan fingerprint density at radius 2 is 1.90 bits per heavy atom. The van der Waals surface area contributed by atoms with E-state index >= 15 is 0 Å². The molecular weight excluding hydrogens is 529 g/mol. The van der Waals surface area contributed by atoms with Gasteiger partial charge in [-0.3, -0.25) is 9.88 Å². The second-order valence-electron chi connectivity index (χ2n) is 9.99. The monoisotopic (exact) mass is 554 g/mol. The molecule has 1 aliphatic heterocycles. The summed E-state index contributed by atoms with van der Waals surface area (Å²) in [6, 6.07) is 16.0. The van der Waals surface area contributed by atoms with Gasteiger partial charge in [-0.1, -0.05) is 30.3 Å². The van der Waals surface area contributed by atoms with E-state index in [-0.39, 0.29) is 18.2 Å². The molecule has 1 aliphatic carbocycles. The van der Waals surface area contributed by atoms with E-state index in [1.165, 1.54) is 35.1 Å². The second kappa shape index (κ2) is 10.5. The summed E-state index contributed by atoms with van der Waals surface area (Å²) in [4.78, 5) is 25.5. The van der Waals surface area contributed by atoms with Crippen molar-refractivity contribution < 1.29 is 27.4 Å². The lowest BCUT2D eigenvalue weighted by Gasteiger charge is -2.25. The lowest BCUT2D eigenvalue weighted by Crippen LogP contribution is -2.36. The standard InChI is InChI=1S/C28H25F3N4O3S/c29-28(30,31)38-21-5-1-3-18(9-21)12-35(27(36)37-26-16-39-17-33-26)15-24-22-13-34(14-23(22)24)11-19-6-7-20-4-2-8-32-25(20)10-19/h1-10,16-17,22-24H,11-15H2. The first-order valence-electron chi connectivity index (χ1n) is 12.6. The average Bonchev–Trinajstić information content (AvgIpc) is 3.24. The fourth-order valence-corrected chi connectivity index (χ4v) is 5.98. The zero-order valence-corrected chi connectivity index (χ0v) is 21.6. The van der Waals surface area contributed by atoms with Gasteiger partial charge in [0.1, 0.15) is 5.75 Å². The van der Waals surface area contributed by atoms with E-state index in [4.69, 9.17) is 4.74 Å². The number of thiazole rings is 1. The summed E-state index contributed by atoms with van der Waals surface area (Å²) in [7, 11) is 0. The minimum absolute atomic E-state index is 0.0990. The topological polar surface area (TPSA) is 67.8 Å². The maximum absolute atomic E-state index is 13.1. The zero-order valence-electron chi connectivity index (χ0n) is 20.8. The molecule has 2 aromatic carbocycles. The van der Waals surface area contributed by atoms with Gasteiger partial charge in [-0.05, 0) is 53.1 Å². The van der Waals surface area contributed by atoms with Gasteiger partial charge in [0, 0.05) is 44.3 Å². The van der Waals surface area contributed by atoms with Gasteiger partial charge in [-0.2, -0.15) is 0 Å². The number of fused-ring (bicyclic) bond motifs is 2. The average molecular weight is 555 g/mol. The Bertz CT molecular complexity index is 1450. The molecule has 11 heteroatoms. The van der Waals surface area contributed by atoms with Crippen LogP contribution in [0.4, 0.5) is 18.0 Å². The summed E-state index contributed by atoms with van der Waals surface area (Å²) in [6.45, 7) is 3.25. The smallest absolute Gasteiger partial charge is 0.406 e. The van der Waals surface area contributed by atoms with Crippen molar-refractivity contribution in [3.63, 3.8) is 0 Å². The number of aromatic nitrogens is 2. The molecule has 4 aromatic rings. The van der Waals surface area contributed by atoms with Crippen LogP contribution in [0.25, 0.3) is 10.9 Å². The van der Waals surface area contributed by atoms with Crippen LogP contribution in [0.2, 0.25) is 0 Å². The largest absolute Gasteiger partial charge is 0.573 e. The molecule has 0 radical (unpaired) electrons. The number of alkyl halides is 3. The number of hydrogen-bond donors (Lipinski definition) is 0. The number of pyridine rings is 1. The Morgan fingerprint density at radius 3 is 2.67 bits per heavy atom. The quantitative estimate of drug-likeness (QED) is 0.267. The van der Waals surface area contributed by atoms with Crippen LogP contribution in [0.1, 0.15) is 11.1 Å². The van der Waals surface area contributed by atoms with E-state index in [9.17, 15) is 18.0 Å². The molecule has 39 heavy (non-hydrogen) atoms. The summed E-state index contributed by atoms with van der Waals surface area (Å²) in [5.74, 6) is 1.10. The van der Waals surface area contributed by atoms with Crippen LogP contribution in [0, 0.1) is 17.8 Å². The predicted molar refractivity (Wildman–Crippen MR) is 139 cm³/mol. The van der Waals surface area contributed by atoms with E-state index in [2.05, 4.69) is 37.8 Å². The molecule has 2 atom stereocenters. The highest BCUT2D eigenvalue weighted by Gasteiger charge is 2.56. The van der Waals surface area contributed by atoms with Crippen LogP contribution in [0.15, 0.2) is 71.7 Å². The molecule has 0 spiro atoms. The highest BCUT2D eigenvalue weighted by atomic mass is 32.1. The number of rotatable bonds is 8. The second-order valence-corrected chi connectivity index (χ2v) is 10.7. The van der Waals surface area contributed by atoms with Crippen molar-refractivity contribution in [2.24, 2.45) is 17.8 Å². The summed E-state index contributed by atoms with van der Waals surface area (Å²) >= 11 is 1.31. The molecule has 7 nitrogen and oxygen atoms in total. The van der Waals surface area contributed by atoms with Crippen LogP contribution < -0.4 is 9.47 Å². The molecule has 2 aliphatic rings. The van der Waals surface area contributed by atoms with Crippen LogP contribution in [0.5, 0.6) is 11.6 Å². The Balaban J connectivity index is 1.10. The van der Waals surface area contributed by atoms with E-state index in [1.807, 2.05) is 12.1 Å². The fourth-order valence-electron chi connectivity index (χ4n) is 5.53. The number of hydrogen-bond acceptors (Lipinski definition) is 7. The van der Waals surface area contributed by atoms with Crippen molar-refractivity contribution in [2.45, 2.75) is 19.5 Å². The van der Waals surface area contributed by atoms with Crippen LogP contribution in [0.3, 0.4) is 0 Å². The van der Waals surface area contributed by atoms with Crippen molar-refractivity contribution in [3.8, 4) is 11.6 Å². The van der Waals surface area contributed by atoms with Crippen LogP contribution in [-0.4, -0.2) is 51.9 Å². The van der Waals surface area contributed by atoms with Gasteiger partial charge in [0.05, 0.1) is 16.4 Å². The van der Waals surface area contributed by atoms with Crippen molar-refractivity contribution in [3.05, 3.63) is 82.8 Å². The molecule has 202 valence electrons. The number of ether oxygens (including phenoxy) is 2. The maximum atomic E-state index is 13.1. The Hall–Kier alpha value is -3.70. The van der Waals surface area contributed by atoms with E-state index in [0.717, 1.165) is 30.5 Å². The first-order valence-corrected chi connectivity index (χ1v) is 13.5. The Labute approximate surface area is 226 Å². The summed E-state index contributed by atoms with van der Waals surface area (Å²) in [6.07, 6.45) is -3.57. The molecule has 2 unspecified atom stereocenters. The van der Waals surface area contributed by atoms with Gasteiger partial charge in [0.2, 0.25) is 5.88 Å². The molecule has 2 aromatic heterocycles. The van der Waals surface area contributed by atoms with Crippen LogP contribution >= 0.6 is 11.3 Å². The van der Waals surface area contributed by atoms with Crippen molar-refractivity contribution in [1.82, 2.24) is 19.8 Å². The number of halogens is 3. The third kappa shape index (κ3) is 6.15. The van der Waals surface area contributed by atoms with Crippen molar-refractivity contribution in [1.29, 1.82) is 0 Å². The highest BCUT2D eigenvalue weighted by Crippen LogP contribution is 2.52. The fraction of sp³-hybridized carbons (Fsp3) is 0.321. The number of nitrogens with zero attached hydrogens (tertiary/aromatic N) is 4. The minimum atomic E-state index is -4.79. The molecule has 0 bridgehead atoms. The molecular formula is C28H25F3N4O3S. The van der Waals surface area contributed by atoms with E-state index in [0.29, 0.717) is 29.9 Å². The van der Waals surface area contributed by atoms with Gasteiger partial charge in [-0.25, -0.2) is 9.78 Å². The molecule has 1 saturated carbocycles. The molecule has 2 fully saturated rings. The number of likely N-dealkylation sites (tertiary alicyclic amines) is 1. The summed E-state index contributed by atoms with van der Waals surface area (Å²) in [5.41, 5.74) is 4.28. The summed E-state index contributed by atoms with van der Waals surface area (Å²) < 4.78 is 47.6. The third-order valence-electron chi connectivity index (χ3n) is 7.32. The molecule has 0 N–H and O–H groups in total. The first-order chi connectivity index (χ1) is 18.8. The first kappa shape index (κ1) is 25.6. The van der Waals surface area contributed by atoms with Gasteiger partial charge in [0.15, 0.2) is 0 Å². The van der Waals surface area contributed by atoms with Gasteiger partial charge in [0.25, 0.3) is 0 Å². The SMILES string of the molecule is O=C(Oc1cscn1)N(Cc1cccc(OC(F)(F)F)c1)CC1C2CN(Cc3ccc4cccnc4c3)CC21. The van der Waals surface area contributed by atoms with E-state index in [1.54, 1.807) is 28.1 Å². The number of carbonyl (C=O) groups excluding carboxylic acids is 1. The van der Waals surface area contributed by atoms with E-state index < -0.39 is 12.5 Å². The van der Waals surface area contributed by atoms with Crippen molar-refractivity contribution in [2.75, 3.05) is 19.6 Å². The lowest BCUT2D eigenvalue weighted by atomic mass is 10.1. The molecule has 1 saturated heterocycles. The number of benzene rings is 2. The number of carbonyl (C=O) groups is 1. The zero-order chi connectivity index (χ0) is 27.0. The Kier molecular flexibility index (Phi) is 6.86. The molecule has 1 amide bonds. The van der Waals surface area contributed by atoms with Crippen molar-refractivity contribution >= 4 is 28.3 Å². The highest BCUT2D eigenvalue weighted by molar-refractivity contribution is 7.07. The molecule has 3 heterocycles. The minimum Gasteiger partial charge on any atom is -0.406 e.